The van der Waals surface area contributed by atoms with Crippen LogP contribution in [0.3, 0.4) is 0 Å². The van der Waals surface area contributed by atoms with Crippen LogP contribution in [0.1, 0.15) is 12.8 Å². The molecule has 0 aliphatic rings. The van der Waals surface area contributed by atoms with E-state index in [1.807, 2.05) is 0 Å². The zero-order valence-corrected chi connectivity index (χ0v) is 26.0. The van der Waals surface area contributed by atoms with Crippen molar-refractivity contribution in [1.82, 2.24) is 10.2 Å². The van der Waals surface area contributed by atoms with Crippen LogP contribution >= 0.6 is 0 Å². The highest BCUT2D eigenvalue weighted by atomic mass is 28.4. The number of amides is 1. The number of carbonyl (C=O) groups is 1. The summed E-state index contributed by atoms with van der Waals surface area (Å²) in [4.78, 5) is 13.3. The zero-order chi connectivity index (χ0) is 32.0. The minimum absolute atomic E-state index is 0.0832. The molecular formula is C21H41F7N2O9Si2. The Labute approximate surface area is 237 Å². The maximum Gasteiger partial charge on any atom is 0.525 e. The Hall–Kier alpha value is -0.946. The first-order chi connectivity index (χ1) is 18.9. The largest absolute Gasteiger partial charge is 0.525 e. The Kier molecular flexibility index (Phi) is 17.6. The van der Waals surface area contributed by atoms with Gasteiger partial charge in [0.25, 0.3) is 5.91 Å². The lowest BCUT2D eigenvalue weighted by atomic mass is 10.2. The van der Waals surface area contributed by atoms with Crippen LogP contribution in [-0.4, -0.2) is 133 Å². The summed E-state index contributed by atoms with van der Waals surface area (Å²) in [6.45, 7) is 1.10. The van der Waals surface area contributed by atoms with E-state index < -0.39 is 54.3 Å². The van der Waals surface area contributed by atoms with Gasteiger partial charge in [0.15, 0.2) is 0 Å². The first kappa shape index (κ1) is 40.1. The number of aliphatic hydroxyl groups is 1. The van der Waals surface area contributed by atoms with Crippen LogP contribution in [0.4, 0.5) is 30.7 Å². The Morgan fingerprint density at radius 2 is 1.44 bits per heavy atom. The highest BCUT2D eigenvalue weighted by Gasteiger charge is 2.68. The van der Waals surface area contributed by atoms with E-state index in [1.165, 1.54) is 45.8 Å². The van der Waals surface area contributed by atoms with Crippen LogP contribution in [0.2, 0.25) is 18.6 Å². The fraction of sp³-hybridized carbons (Fsp3) is 0.952. The van der Waals surface area contributed by atoms with Gasteiger partial charge in [0.2, 0.25) is 0 Å². The van der Waals surface area contributed by atoms with Crippen LogP contribution in [0.5, 0.6) is 0 Å². The summed E-state index contributed by atoms with van der Waals surface area (Å²) in [5.74, 6) is -8.30. The third-order valence-electron chi connectivity index (χ3n) is 6.08. The van der Waals surface area contributed by atoms with Crippen molar-refractivity contribution in [3.8, 4) is 0 Å². The second-order valence-electron chi connectivity index (χ2n) is 8.97. The number of ether oxygens (including phenoxy) is 2. The van der Waals surface area contributed by atoms with Gasteiger partial charge in [-0.1, -0.05) is 0 Å². The summed E-state index contributed by atoms with van der Waals surface area (Å²) >= 11 is 0. The van der Waals surface area contributed by atoms with E-state index in [9.17, 15) is 40.6 Å². The van der Waals surface area contributed by atoms with Crippen LogP contribution in [0, 0.1) is 0 Å². The SMILES string of the molecule is CO[Si](C)(CCCN(CCNC(=O)C(F)(OC(F)(F)F)C(F)(F)F)CC(O)COCCC[Si](OC)(OC)OC)OC. The first-order valence-electron chi connectivity index (χ1n) is 12.4. The lowest BCUT2D eigenvalue weighted by Crippen LogP contribution is -2.58. The third kappa shape index (κ3) is 14.4. The van der Waals surface area contributed by atoms with Gasteiger partial charge in [0, 0.05) is 67.8 Å². The summed E-state index contributed by atoms with van der Waals surface area (Å²) in [6, 6.07) is 0.937. The topological polar surface area (TPSA) is 117 Å². The second-order valence-corrected chi connectivity index (χ2v) is 15.6. The van der Waals surface area contributed by atoms with Crippen LogP contribution < -0.4 is 5.32 Å². The van der Waals surface area contributed by atoms with E-state index in [1.54, 1.807) is 6.55 Å². The molecular weight excluding hydrogens is 613 g/mol. The van der Waals surface area contributed by atoms with E-state index in [0.29, 0.717) is 24.9 Å². The monoisotopic (exact) mass is 654 g/mol. The minimum atomic E-state index is -6.30. The number of nitrogens with one attached hydrogen (secondary N) is 1. The summed E-state index contributed by atoms with van der Waals surface area (Å²) in [5, 5.41) is 11.9. The summed E-state index contributed by atoms with van der Waals surface area (Å²) < 4.78 is 125. The number of carbonyl (C=O) groups excluding carboxylic acids is 1. The molecule has 2 N–H and O–H groups in total. The van der Waals surface area contributed by atoms with Crippen molar-refractivity contribution in [3.63, 3.8) is 0 Å². The van der Waals surface area contributed by atoms with Crippen LogP contribution in [0.15, 0.2) is 0 Å². The lowest BCUT2D eigenvalue weighted by molar-refractivity contribution is -0.432. The molecule has 0 radical (unpaired) electrons. The van der Waals surface area contributed by atoms with E-state index in [0.717, 1.165) is 0 Å². The smallest absolute Gasteiger partial charge is 0.398 e. The molecule has 41 heavy (non-hydrogen) atoms. The van der Waals surface area contributed by atoms with Gasteiger partial charge in [0.1, 0.15) is 0 Å². The van der Waals surface area contributed by atoms with E-state index in [2.05, 4.69) is 4.74 Å². The van der Waals surface area contributed by atoms with Crippen molar-refractivity contribution >= 4 is 23.3 Å². The molecule has 0 fully saturated rings. The van der Waals surface area contributed by atoms with Gasteiger partial charge in [-0.05, 0) is 32.0 Å². The molecule has 20 heteroatoms. The van der Waals surface area contributed by atoms with Crippen molar-refractivity contribution < 1.29 is 72.2 Å². The predicted octanol–water partition coefficient (Wildman–Crippen LogP) is 2.57. The molecule has 0 aromatic carbocycles. The predicted molar refractivity (Wildman–Crippen MR) is 135 cm³/mol. The van der Waals surface area contributed by atoms with Gasteiger partial charge in [-0.15, -0.1) is 13.2 Å². The molecule has 2 unspecified atom stereocenters. The van der Waals surface area contributed by atoms with Gasteiger partial charge in [-0.25, -0.2) is 4.74 Å². The number of halogens is 7. The van der Waals surface area contributed by atoms with Crippen molar-refractivity contribution in [2.24, 2.45) is 0 Å². The van der Waals surface area contributed by atoms with Crippen molar-refractivity contribution in [2.45, 2.75) is 56.0 Å². The molecule has 0 heterocycles. The van der Waals surface area contributed by atoms with Gasteiger partial charge >= 0.3 is 35.8 Å². The molecule has 0 saturated heterocycles. The number of hydrogen-bond donors (Lipinski definition) is 2. The third-order valence-corrected chi connectivity index (χ3v) is 11.9. The molecule has 11 nitrogen and oxygen atoms in total. The standard InChI is InChI=1S/C21H41F7N2O9Si2/c1-33-40(6,34-2)13-7-10-30(15-17(31)16-38-12-8-14-41(35-3,36-4)37-5)11-9-29-18(32)19(22,20(23,24)25)39-21(26,27)28/h17,31H,7-16H2,1-6H3,(H,29,32). The molecule has 0 aromatic rings. The molecule has 2 atom stereocenters. The normalized spacial score (nSPS) is 15.7. The molecule has 0 aromatic heterocycles. The highest BCUT2D eigenvalue weighted by Crippen LogP contribution is 2.39. The first-order valence-corrected chi connectivity index (χ1v) is 16.9. The summed E-state index contributed by atoms with van der Waals surface area (Å²) in [6.07, 6.45) is -12.5. The minimum Gasteiger partial charge on any atom is -0.398 e. The second kappa shape index (κ2) is 18.0. The van der Waals surface area contributed by atoms with Crippen molar-refractivity contribution in [3.05, 3.63) is 0 Å². The molecule has 0 aliphatic heterocycles. The van der Waals surface area contributed by atoms with E-state index in [4.69, 9.17) is 26.9 Å². The van der Waals surface area contributed by atoms with Gasteiger partial charge in [0.05, 0.1) is 12.7 Å². The number of hydrogen-bond acceptors (Lipinski definition) is 10. The van der Waals surface area contributed by atoms with Gasteiger partial charge in [-0.2, -0.15) is 17.6 Å². The van der Waals surface area contributed by atoms with Crippen LogP contribution in [0.25, 0.3) is 0 Å². The van der Waals surface area contributed by atoms with Gasteiger partial charge < -0.3 is 37.3 Å². The van der Waals surface area contributed by atoms with Crippen molar-refractivity contribution in [1.29, 1.82) is 0 Å². The van der Waals surface area contributed by atoms with E-state index in [-0.39, 0.29) is 32.8 Å². The number of alkyl halides is 7. The number of rotatable bonds is 22. The molecule has 1 amide bonds. The summed E-state index contributed by atoms with van der Waals surface area (Å²) in [5.41, 5.74) is 0. The van der Waals surface area contributed by atoms with E-state index >= 15 is 0 Å². The molecule has 246 valence electrons. The lowest BCUT2D eigenvalue weighted by Gasteiger charge is -2.29. The summed E-state index contributed by atoms with van der Waals surface area (Å²) in [7, 11) is 2.08. The quantitative estimate of drug-likeness (QED) is 0.103. The maximum atomic E-state index is 14.1. The Balaban J connectivity index is 5.15. The fourth-order valence-electron chi connectivity index (χ4n) is 3.56. The Morgan fingerprint density at radius 1 is 0.878 bits per heavy atom. The molecule has 0 spiro atoms. The zero-order valence-electron chi connectivity index (χ0n) is 24.0. The Morgan fingerprint density at radius 3 is 1.90 bits per heavy atom. The van der Waals surface area contributed by atoms with Gasteiger partial charge in [-0.3, -0.25) is 9.69 Å². The average molecular weight is 655 g/mol. The molecule has 0 saturated carbocycles. The molecule has 0 bridgehead atoms. The maximum absolute atomic E-state index is 14.1. The van der Waals surface area contributed by atoms with Crippen LogP contribution in [-0.2, 0) is 36.4 Å². The van der Waals surface area contributed by atoms with Crippen molar-refractivity contribution in [2.75, 3.05) is 74.9 Å². The average Bonchev–Trinajstić information content (AvgIpc) is 2.89. The number of aliphatic hydroxyl groups excluding tert-OH is 1. The highest BCUT2D eigenvalue weighted by molar-refractivity contribution is 6.65. The Bertz CT molecular complexity index is 741. The molecule has 0 rings (SSSR count). The molecule has 0 aliphatic carbocycles. The fourth-order valence-corrected chi connectivity index (χ4v) is 6.62. The number of nitrogens with zero attached hydrogens (tertiary/aromatic N) is 1.